The lowest BCUT2D eigenvalue weighted by molar-refractivity contribution is -0.129. The van der Waals surface area contributed by atoms with Crippen molar-refractivity contribution in [3.63, 3.8) is 0 Å². The number of carbonyl (C=O) groups excluding carboxylic acids is 1. The van der Waals surface area contributed by atoms with Crippen molar-refractivity contribution in [1.29, 1.82) is 0 Å². The summed E-state index contributed by atoms with van der Waals surface area (Å²) >= 11 is 0. The number of pyridine rings is 1. The molecule has 0 aromatic carbocycles. The SMILES string of the molecule is CC(=O)N1CCN(c2cccc(N)n2)CC1. The molecular formula is C11H16N4O. The molecule has 86 valence electrons. The quantitative estimate of drug-likeness (QED) is 0.741. The molecule has 2 rings (SSSR count). The number of rotatable bonds is 1. The molecule has 0 atom stereocenters. The summed E-state index contributed by atoms with van der Waals surface area (Å²) in [5.41, 5.74) is 5.64. The lowest BCUT2D eigenvalue weighted by atomic mass is 10.3. The maximum Gasteiger partial charge on any atom is 0.219 e. The average molecular weight is 220 g/mol. The highest BCUT2D eigenvalue weighted by Gasteiger charge is 2.19. The standard InChI is InChI=1S/C11H16N4O/c1-9(16)14-5-7-15(8-6-14)11-4-2-3-10(12)13-11/h2-4H,5-8H2,1H3,(H2,12,13). The van der Waals surface area contributed by atoms with Gasteiger partial charge in [-0.15, -0.1) is 0 Å². The Balaban J connectivity index is 2.01. The smallest absolute Gasteiger partial charge is 0.219 e. The van der Waals surface area contributed by atoms with Crippen LogP contribution in [-0.2, 0) is 4.79 Å². The van der Waals surface area contributed by atoms with E-state index >= 15 is 0 Å². The molecule has 1 aromatic rings. The molecule has 2 heterocycles. The molecule has 1 fully saturated rings. The van der Waals surface area contributed by atoms with Crippen LogP contribution in [0.2, 0.25) is 0 Å². The van der Waals surface area contributed by atoms with Gasteiger partial charge in [0, 0.05) is 33.1 Å². The lowest BCUT2D eigenvalue weighted by Crippen LogP contribution is -2.48. The molecule has 1 amide bonds. The molecule has 5 nitrogen and oxygen atoms in total. The third kappa shape index (κ3) is 2.24. The molecule has 0 spiro atoms. The van der Waals surface area contributed by atoms with Crippen molar-refractivity contribution in [1.82, 2.24) is 9.88 Å². The molecular weight excluding hydrogens is 204 g/mol. The van der Waals surface area contributed by atoms with E-state index in [1.54, 1.807) is 13.0 Å². The predicted octanol–water partition coefficient (Wildman–Crippen LogP) is 0.332. The van der Waals surface area contributed by atoms with Gasteiger partial charge in [0.2, 0.25) is 5.91 Å². The zero-order valence-corrected chi connectivity index (χ0v) is 9.39. The number of nitrogen functional groups attached to an aromatic ring is 1. The maximum atomic E-state index is 11.2. The van der Waals surface area contributed by atoms with Gasteiger partial charge in [0.15, 0.2) is 0 Å². The highest BCUT2D eigenvalue weighted by molar-refractivity contribution is 5.73. The summed E-state index contributed by atoms with van der Waals surface area (Å²) in [7, 11) is 0. The Morgan fingerprint density at radius 1 is 1.31 bits per heavy atom. The van der Waals surface area contributed by atoms with E-state index in [9.17, 15) is 4.79 Å². The van der Waals surface area contributed by atoms with Crippen LogP contribution in [0.25, 0.3) is 0 Å². The van der Waals surface area contributed by atoms with Crippen LogP contribution in [0.4, 0.5) is 11.6 Å². The average Bonchev–Trinajstić information content (AvgIpc) is 2.29. The summed E-state index contributed by atoms with van der Waals surface area (Å²) in [6, 6.07) is 5.62. The van der Waals surface area contributed by atoms with E-state index in [-0.39, 0.29) is 5.91 Å². The van der Waals surface area contributed by atoms with E-state index in [0.717, 1.165) is 32.0 Å². The van der Waals surface area contributed by atoms with Crippen molar-refractivity contribution in [3.8, 4) is 0 Å². The third-order valence-corrected chi connectivity index (χ3v) is 2.80. The van der Waals surface area contributed by atoms with Crippen LogP contribution < -0.4 is 10.6 Å². The molecule has 0 unspecified atom stereocenters. The molecule has 5 heteroatoms. The van der Waals surface area contributed by atoms with Crippen LogP contribution >= 0.6 is 0 Å². The molecule has 0 radical (unpaired) electrons. The Morgan fingerprint density at radius 3 is 2.56 bits per heavy atom. The number of hydrogen-bond donors (Lipinski definition) is 1. The van der Waals surface area contributed by atoms with Gasteiger partial charge in [-0.1, -0.05) is 6.07 Å². The second kappa shape index (κ2) is 4.38. The number of nitrogens with zero attached hydrogens (tertiary/aromatic N) is 3. The minimum atomic E-state index is 0.139. The Morgan fingerprint density at radius 2 is 2.00 bits per heavy atom. The highest BCUT2D eigenvalue weighted by atomic mass is 16.2. The Labute approximate surface area is 94.9 Å². The molecule has 1 aliphatic heterocycles. The topological polar surface area (TPSA) is 62.5 Å². The first-order valence-electron chi connectivity index (χ1n) is 5.40. The first-order valence-corrected chi connectivity index (χ1v) is 5.40. The number of piperazine rings is 1. The number of nitrogens with two attached hydrogens (primary N) is 1. The van der Waals surface area contributed by atoms with Crippen LogP contribution in [0.15, 0.2) is 18.2 Å². The van der Waals surface area contributed by atoms with Gasteiger partial charge in [-0.2, -0.15) is 0 Å². The second-order valence-corrected chi connectivity index (χ2v) is 3.91. The van der Waals surface area contributed by atoms with E-state index in [4.69, 9.17) is 5.73 Å². The van der Waals surface area contributed by atoms with Gasteiger partial charge < -0.3 is 15.5 Å². The molecule has 1 saturated heterocycles. The van der Waals surface area contributed by atoms with Gasteiger partial charge in [0.25, 0.3) is 0 Å². The van der Waals surface area contributed by atoms with Crippen LogP contribution in [0.1, 0.15) is 6.92 Å². The van der Waals surface area contributed by atoms with E-state index in [2.05, 4.69) is 9.88 Å². The minimum absolute atomic E-state index is 0.139. The minimum Gasteiger partial charge on any atom is -0.384 e. The summed E-state index contributed by atoms with van der Waals surface area (Å²) in [5.74, 6) is 1.56. The molecule has 2 N–H and O–H groups in total. The number of anilines is 2. The predicted molar refractivity (Wildman–Crippen MR) is 63.1 cm³/mol. The van der Waals surface area contributed by atoms with Crippen LogP contribution in [0.3, 0.4) is 0 Å². The van der Waals surface area contributed by atoms with Gasteiger partial charge in [-0.05, 0) is 12.1 Å². The van der Waals surface area contributed by atoms with Crippen molar-refractivity contribution >= 4 is 17.5 Å². The largest absolute Gasteiger partial charge is 0.384 e. The van der Waals surface area contributed by atoms with Gasteiger partial charge >= 0.3 is 0 Å². The molecule has 16 heavy (non-hydrogen) atoms. The van der Waals surface area contributed by atoms with Gasteiger partial charge in [-0.25, -0.2) is 4.98 Å². The number of carbonyl (C=O) groups is 1. The maximum absolute atomic E-state index is 11.2. The third-order valence-electron chi connectivity index (χ3n) is 2.80. The van der Waals surface area contributed by atoms with Crippen molar-refractivity contribution in [2.75, 3.05) is 36.8 Å². The van der Waals surface area contributed by atoms with Gasteiger partial charge in [-0.3, -0.25) is 4.79 Å². The van der Waals surface area contributed by atoms with Crippen LogP contribution in [-0.4, -0.2) is 42.0 Å². The Bertz CT molecular complexity index is 385. The Kier molecular flexibility index (Phi) is 2.94. The normalized spacial score (nSPS) is 16.3. The molecule has 0 bridgehead atoms. The zero-order valence-electron chi connectivity index (χ0n) is 9.39. The molecule has 0 aliphatic carbocycles. The molecule has 0 saturated carbocycles. The zero-order chi connectivity index (χ0) is 11.5. The fraction of sp³-hybridized carbons (Fsp3) is 0.455. The van der Waals surface area contributed by atoms with Crippen LogP contribution in [0, 0.1) is 0 Å². The van der Waals surface area contributed by atoms with Crippen molar-refractivity contribution in [2.45, 2.75) is 6.92 Å². The summed E-state index contributed by atoms with van der Waals surface area (Å²) in [4.78, 5) is 19.4. The summed E-state index contributed by atoms with van der Waals surface area (Å²) in [5, 5.41) is 0. The second-order valence-electron chi connectivity index (χ2n) is 3.91. The molecule has 1 aromatic heterocycles. The number of hydrogen-bond acceptors (Lipinski definition) is 4. The monoisotopic (exact) mass is 220 g/mol. The van der Waals surface area contributed by atoms with Gasteiger partial charge in [0.05, 0.1) is 0 Å². The first-order chi connectivity index (χ1) is 7.66. The van der Waals surface area contributed by atoms with E-state index < -0.39 is 0 Å². The van der Waals surface area contributed by atoms with Crippen LogP contribution in [0.5, 0.6) is 0 Å². The fourth-order valence-electron chi connectivity index (χ4n) is 1.87. The van der Waals surface area contributed by atoms with E-state index in [1.165, 1.54) is 0 Å². The number of amides is 1. The number of aromatic nitrogens is 1. The van der Waals surface area contributed by atoms with Crippen molar-refractivity contribution in [2.24, 2.45) is 0 Å². The Hall–Kier alpha value is -1.78. The molecule has 1 aliphatic rings. The fourth-order valence-corrected chi connectivity index (χ4v) is 1.87. The summed E-state index contributed by atoms with van der Waals surface area (Å²) in [6.07, 6.45) is 0. The van der Waals surface area contributed by atoms with Gasteiger partial charge in [0.1, 0.15) is 11.6 Å². The van der Waals surface area contributed by atoms with E-state index in [0.29, 0.717) is 5.82 Å². The summed E-state index contributed by atoms with van der Waals surface area (Å²) < 4.78 is 0. The lowest BCUT2D eigenvalue weighted by Gasteiger charge is -2.34. The van der Waals surface area contributed by atoms with Crippen molar-refractivity contribution in [3.05, 3.63) is 18.2 Å². The summed E-state index contributed by atoms with van der Waals surface area (Å²) in [6.45, 7) is 4.75. The first kappa shape index (κ1) is 10.7. The highest BCUT2D eigenvalue weighted by Crippen LogP contribution is 2.14. The van der Waals surface area contributed by atoms with E-state index in [1.807, 2.05) is 17.0 Å². The van der Waals surface area contributed by atoms with Crippen molar-refractivity contribution < 1.29 is 4.79 Å².